The second kappa shape index (κ2) is 9.52. The smallest absolute Gasteiger partial charge is 0.315 e. The number of carbonyl (C=O) groups is 1. The Morgan fingerprint density at radius 3 is 2.64 bits per heavy atom. The number of ether oxygens (including phenoxy) is 2. The molecule has 0 spiro atoms. The Kier molecular flexibility index (Phi) is 7.07. The largest absolute Gasteiger partial charge is 0.493 e. The summed E-state index contributed by atoms with van der Waals surface area (Å²) in [6, 6.07) is 11.7. The monoisotopic (exact) mass is 346 g/mol. The van der Waals surface area contributed by atoms with Gasteiger partial charge in [-0.3, -0.25) is 0 Å². The molecule has 0 saturated heterocycles. The highest BCUT2D eigenvalue weighted by Gasteiger charge is 2.07. The van der Waals surface area contributed by atoms with E-state index in [0.29, 0.717) is 36.6 Å². The minimum absolute atomic E-state index is 0.148. The van der Waals surface area contributed by atoms with Gasteiger partial charge in [0.05, 0.1) is 13.7 Å². The van der Waals surface area contributed by atoms with E-state index >= 15 is 0 Å². The van der Waals surface area contributed by atoms with Crippen LogP contribution in [0.1, 0.15) is 18.1 Å². The zero-order valence-electron chi connectivity index (χ0n) is 14.5. The molecule has 0 heterocycles. The summed E-state index contributed by atoms with van der Waals surface area (Å²) >= 11 is 0. The summed E-state index contributed by atoms with van der Waals surface area (Å²) in [7, 11) is 1.59. The van der Waals surface area contributed by atoms with Crippen LogP contribution in [0.2, 0.25) is 0 Å². The number of hydrogen-bond acceptors (Lipinski definition) is 3. The fourth-order valence-electron chi connectivity index (χ4n) is 2.34. The number of benzene rings is 2. The van der Waals surface area contributed by atoms with Crippen LogP contribution in [0.5, 0.6) is 11.5 Å². The lowest BCUT2D eigenvalue weighted by Gasteiger charge is -2.12. The van der Waals surface area contributed by atoms with Crippen molar-refractivity contribution in [2.75, 3.05) is 20.3 Å². The third-order valence-corrected chi connectivity index (χ3v) is 3.62. The van der Waals surface area contributed by atoms with Gasteiger partial charge in [0, 0.05) is 18.7 Å². The van der Waals surface area contributed by atoms with Crippen molar-refractivity contribution in [3.63, 3.8) is 0 Å². The molecule has 0 unspecified atom stereocenters. The quantitative estimate of drug-likeness (QED) is 0.771. The van der Waals surface area contributed by atoms with Gasteiger partial charge >= 0.3 is 6.03 Å². The number of amides is 2. The molecule has 0 aliphatic carbocycles. The number of urea groups is 1. The van der Waals surface area contributed by atoms with E-state index in [9.17, 15) is 9.18 Å². The number of nitrogens with one attached hydrogen (secondary N) is 2. The Bertz CT molecular complexity index is 707. The molecule has 2 N–H and O–H groups in total. The topological polar surface area (TPSA) is 59.6 Å². The Labute approximate surface area is 147 Å². The number of carbonyl (C=O) groups excluding carboxylic acids is 1. The molecule has 0 aromatic heterocycles. The number of methoxy groups -OCH3 is 1. The Morgan fingerprint density at radius 2 is 1.92 bits per heavy atom. The number of halogens is 1. The van der Waals surface area contributed by atoms with Crippen molar-refractivity contribution in [1.29, 1.82) is 0 Å². The van der Waals surface area contributed by atoms with E-state index in [4.69, 9.17) is 9.47 Å². The Morgan fingerprint density at radius 1 is 1.12 bits per heavy atom. The second-order valence-electron chi connectivity index (χ2n) is 5.37. The average Bonchev–Trinajstić information content (AvgIpc) is 2.62. The molecule has 5 nitrogen and oxygen atoms in total. The molecule has 134 valence electrons. The van der Waals surface area contributed by atoms with Gasteiger partial charge in [0.1, 0.15) is 5.82 Å². The van der Waals surface area contributed by atoms with E-state index in [2.05, 4.69) is 10.6 Å². The lowest BCUT2D eigenvalue weighted by molar-refractivity contribution is 0.240. The minimum Gasteiger partial charge on any atom is -0.493 e. The molecule has 0 saturated carbocycles. The Balaban J connectivity index is 1.78. The first kappa shape index (κ1) is 18.6. The van der Waals surface area contributed by atoms with Crippen molar-refractivity contribution in [3.05, 3.63) is 59.4 Å². The molecule has 0 radical (unpaired) electrons. The molecule has 0 fully saturated rings. The average molecular weight is 346 g/mol. The first-order valence-electron chi connectivity index (χ1n) is 8.18. The highest BCUT2D eigenvalue weighted by Crippen LogP contribution is 2.28. The zero-order chi connectivity index (χ0) is 18.1. The van der Waals surface area contributed by atoms with Crippen LogP contribution in [-0.4, -0.2) is 26.3 Å². The molecule has 2 amide bonds. The van der Waals surface area contributed by atoms with Crippen LogP contribution in [0.3, 0.4) is 0 Å². The van der Waals surface area contributed by atoms with Crippen molar-refractivity contribution < 1.29 is 18.7 Å². The highest BCUT2D eigenvalue weighted by atomic mass is 19.1. The molecule has 0 bridgehead atoms. The van der Waals surface area contributed by atoms with Crippen molar-refractivity contribution in [2.45, 2.75) is 19.9 Å². The summed E-state index contributed by atoms with van der Waals surface area (Å²) in [6.45, 7) is 3.09. The van der Waals surface area contributed by atoms with Crippen LogP contribution in [-0.2, 0) is 13.0 Å². The first-order chi connectivity index (χ1) is 12.1. The van der Waals surface area contributed by atoms with Gasteiger partial charge in [0.15, 0.2) is 11.5 Å². The van der Waals surface area contributed by atoms with Crippen molar-refractivity contribution in [2.24, 2.45) is 0 Å². The summed E-state index contributed by atoms with van der Waals surface area (Å²) in [5.74, 6) is 1.04. The lowest BCUT2D eigenvalue weighted by Crippen LogP contribution is -2.36. The molecule has 25 heavy (non-hydrogen) atoms. The van der Waals surface area contributed by atoms with Crippen LogP contribution in [0, 0.1) is 5.82 Å². The van der Waals surface area contributed by atoms with E-state index in [1.165, 1.54) is 6.07 Å². The third kappa shape index (κ3) is 5.67. The normalized spacial score (nSPS) is 10.2. The minimum atomic E-state index is -0.332. The van der Waals surface area contributed by atoms with Crippen LogP contribution < -0.4 is 20.1 Å². The van der Waals surface area contributed by atoms with Crippen molar-refractivity contribution in [1.82, 2.24) is 10.6 Å². The second-order valence-corrected chi connectivity index (χ2v) is 5.37. The summed E-state index contributed by atoms with van der Waals surface area (Å²) in [6.07, 6.45) is 0.649. The maximum absolute atomic E-state index is 13.5. The van der Waals surface area contributed by atoms with Crippen LogP contribution in [0.25, 0.3) is 0 Å². The third-order valence-electron chi connectivity index (χ3n) is 3.62. The van der Waals surface area contributed by atoms with Crippen molar-refractivity contribution in [3.8, 4) is 11.5 Å². The van der Waals surface area contributed by atoms with E-state index < -0.39 is 0 Å². The predicted molar refractivity (Wildman–Crippen MR) is 94.5 cm³/mol. The summed E-state index contributed by atoms with van der Waals surface area (Å²) in [5.41, 5.74) is 1.48. The van der Waals surface area contributed by atoms with Gasteiger partial charge in [0.2, 0.25) is 0 Å². The van der Waals surface area contributed by atoms with E-state index in [0.717, 1.165) is 5.56 Å². The van der Waals surface area contributed by atoms with Gasteiger partial charge in [-0.25, -0.2) is 9.18 Å². The Hall–Kier alpha value is -2.76. The molecule has 0 aliphatic rings. The van der Waals surface area contributed by atoms with Gasteiger partial charge in [0.25, 0.3) is 0 Å². The summed E-state index contributed by atoms with van der Waals surface area (Å²) < 4.78 is 24.3. The van der Waals surface area contributed by atoms with E-state index in [1.807, 2.05) is 25.1 Å². The van der Waals surface area contributed by atoms with Gasteiger partial charge < -0.3 is 20.1 Å². The molecule has 6 heteroatoms. The SMILES string of the molecule is CCOc1ccc(CCNC(=O)NCc2ccccc2F)cc1OC. The van der Waals surface area contributed by atoms with E-state index in [-0.39, 0.29) is 18.4 Å². The van der Waals surface area contributed by atoms with Gasteiger partial charge in [-0.15, -0.1) is 0 Å². The summed E-state index contributed by atoms with van der Waals surface area (Å²) in [5, 5.41) is 5.39. The highest BCUT2D eigenvalue weighted by molar-refractivity contribution is 5.73. The molecule has 0 aliphatic heterocycles. The van der Waals surface area contributed by atoms with E-state index in [1.54, 1.807) is 25.3 Å². The van der Waals surface area contributed by atoms with Crippen molar-refractivity contribution >= 4 is 6.03 Å². The molecule has 2 rings (SSSR count). The number of rotatable bonds is 8. The van der Waals surface area contributed by atoms with Gasteiger partial charge in [-0.2, -0.15) is 0 Å². The number of hydrogen-bond donors (Lipinski definition) is 2. The molecular formula is C19H23FN2O3. The maximum atomic E-state index is 13.5. The maximum Gasteiger partial charge on any atom is 0.315 e. The van der Waals surface area contributed by atoms with Crippen LogP contribution in [0.15, 0.2) is 42.5 Å². The lowest BCUT2D eigenvalue weighted by atomic mass is 10.1. The molecule has 2 aromatic rings. The molecule has 2 aromatic carbocycles. The fraction of sp³-hybridized carbons (Fsp3) is 0.316. The zero-order valence-corrected chi connectivity index (χ0v) is 14.5. The van der Waals surface area contributed by atoms with Gasteiger partial charge in [-0.1, -0.05) is 24.3 Å². The summed E-state index contributed by atoms with van der Waals surface area (Å²) in [4.78, 5) is 11.8. The fourth-order valence-corrected chi connectivity index (χ4v) is 2.34. The predicted octanol–water partition coefficient (Wildman–Crippen LogP) is 3.27. The molecule has 0 atom stereocenters. The van der Waals surface area contributed by atoms with Crippen LogP contribution >= 0.6 is 0 Å². The first-order valence-corrected chi connectivity index (χ1v) is 8.18. The molecular weight excluding hydrogens is 323 g/mol. The van der Waals surface area contributed by atoms with Gasteiger partial charge in [-0.05, 0) is 37.1 Å². The standard InChI is InChI=1S/C19H23FN2O3/c1-3-25-17-9-8-14(12-18(17)24-2)10-11-21-19(23)22-13-15-6-4-5-7-16(15)20/h4-9,12H,3,10-11,13H2,1-2H3,(H2,21,22,23). The van der Waals surface area contributed by atoms with Crippen LogP contribution in [0.4, 0.5) is 9.18 Å².